The van der Waals surface area contributed by atoms with Crippen molar-refractivity contribution in [1.29, 1.82) is 0 Å². The van der Waals surface area contributed by atoms with Crippen LogP contribution < -0.4 is 10.1 Å². The highest BCUT2D eigenvalue weighted by Gasteiger charge is 2.23. The Labute approximate surface area is 114 Å². The summed E-state index contributed by atoms with van der Waals surface area (Å²) in [6.07, 6.45) is 4.62. The molecule has 2 rings (SSSR count). The quantitative estimate of drug-likeness (QED) is 0.890. The molecule has 0 heterocycles. The van der Waals surface area contributed by atoms with Gasteiger partial charge in [0.2, 0.25) is 0 Å². The first kappa shape index (κ1) is 14.3. The summed E-state index contributed by atoms with van der Waals surface area (Å²) >= 11 is 0. The summed E-state index contributed by atoms with van der Waals surface area (Å²) in [6.45, 7) is 0.605. The summed E-state index contributed by atoms with van der Waals surface area (Å²) in [7, 11) is 3.59. The van der Waals surface area contributed by atoms with Gasteiger partial charge in [-0.1, -0.05) is 0 Å². The summed E-state index contributed by atoms with van der Waals surface area (Å²) in [5.74, 6) is 0.550. The van der Waals surface area contributed by atoms with Gasteiger partial charge in [0.05, 0.1) is 6.10 Å². The average Bonchev–Trinajstić information content (AvgIpc) is 2.42. The molecule has 1 aromatic rings. The van der Waals surface area contributed by atoms with Gasteiger partial charge in [0.1, 0.15) is 17.7 Å². The summed E-state index contributed by atoms with van der Waals surface area (Å²) in [5.41, 5.74) is 0.863. The maximum absolute atomic E-state index is 13.3. The van der Waals surface area contributed by atoms with Crippen LogP contribution in [-0.2, 0) is 11.3 Å². The van der Waals surface area contributed by atoms with Crippen LogP contribution in [0.5, 0.6) is 5.75 Å². The molecule has 1 fully saturated rings. The first-order valence-electron chi connectivity index (χ1n) is 6.85. The Bertz CT molecular complexity index is 411. The summed E-state index contributed by atoms with van der Waals surface area (Å²) < 4.78 is 24.7. The zero-order valence-electron chi connectivity index (χ0n) is 11.6. The Morgan fingerprint density at radius 2 is 2.11 bits per heavy atom. The standard InChI is InChI=1S/C15H22FNO2/c1-17-10-11-8-12(16)6-7-15(11)19-14-5-3-4-13(9-14)18-2/h6-8,13-14,17H,3-5,9-10H2,1-2H3. The molecule has 0 bridgehead atoms. The van der Waals surface area contributed by atoms with Gasteiger partial charge in [0.25, 0.3) is 0 Å². The Morgan fingerprint density at radius 1 is 1.32 bits per heavy atom. The van der Waals surface area contributed by atoms with E-state index in [2.05, 4.69) is 5.32 Å². The van der Waals surface area contributed by atoms with Crippen LogP contribution in [0.2, 0.25) is 0 Å². The first-order valence-corrected chi connectivity index (χ1v) is 6.85. The number of hydrogen-bond acceptors (Lipinski definition) is 3. The lowest BCUT2D eigenvalue weighted by molar-refractivity contribution is 0.0206. The minimum Gasteiger partial charge on any atom is -0.490 e. The highest BCUT2D eigenvalue weighted by atomic mass is 19.1. The van der Waals surface area contributed by atoms with Gasteiger partial charge in [-0.15, -0.1) is 0 Å². The van der Waals surface area contributed by atoms with Gasteiger partial charge < -0.3 is 14.8 Å². The lowest BCUT2D eigenvalue weighted by Gasteiger charge is -2.29. The molecule has 1 aliphatic carbocycles. The van der Waals surface area contributed by atoms with Crippen molar-refractivity contribution >= 4 is 0 Å². The van der Waals surface area contributed by atoms with E-state index in [0.29, 0.717) is 6.54 Å². The zero-order chi connectivity index (χ0) is 13.7. The number of halogens is 1. The van der Waals surface area contributed by atoms with E-state index in [-0.39, 0.29) is 18.0 Å². The third-order valence-corrected chi connectivity index (χ3v) is 3.59. The van der Waals surface area contributed by atoms with E-state index in [0.717, 1.165) is 37.0 Å². The van der Waals surface area contributed by atoms with Gasteiger partial charge in [-0.3, -0.25) is 0 Å². The van der Waals surface area contributed by atoms with Crippen molar-refractivity contribution in [3.63, 3.8) is 0 Å². The third kappa shape index (κ3) is 3.91. The molecule has 2 atom stereocenters. The van der Waals surface area contributed by atoms with Gasteiger partial charge in [0.15, 0.2) is 0 Å². The number of hydrogen-bond donors (Lipinski definition) is 1. The summed E-state index contributed by atoms with van der Waals surface area (Å²) in [5, 5.41) is 3.04. The first-order chi connectivity index (χ1) is 9.22. The highest BCUT2D eigenvalue weighted by molar-refractivity contribution is 5.34. The van der Waals surface area contributed by atoms with Gasteiger partial charge in [-0.2, -0.15) is 0 Å². The molecule has 0 aliphatic heterocycles. The van der Waals surface area contributed by atoms with Gasteiger partial charge in [0, 0.05) is 25.6 Å². The van der Waals surface area contributed by atoms with Crippen molar-refractivity contribution in [2.75, 3.05) is 14.2 Å². The molecule has 0 amide bonds. The molecule has 106 valence electrons. The molecular formula is C15H22FNO2. The molecule has 19 heavy (non-hydrogen) atoms. The minimum absolute atomic E-state index is 0.166. The Balaban J connectivity index is 2.05. The van der Waals surface area contributed by atoms with Gasteiger partial charge in [-0.05, 0) is 44.5 Å². The highest BCUT2D eigenvalue weighted by Crippen LogP contribution is 2.27. The molecule has 0 spiro atoms. The van der Waals surface area contributed by atoms with Gasteiger partial charge >= 0.3 is 0 Å². The second-order valence-electron chi connectivity index (χ2n) is 5.05. The van der Waals surface area contributed by atoms with Crippen LogP contribution in [0.4, 0.5) is 4.39 Å². The van der Waals surface area contributed by atoms with Crippen molar-refractivity contribution < 1.29 is 13.9 Å². The maximum atomic E-state index is 13.3. The second kappa shape index (κ2) is 6.87. The Kier molecular flexibility index (Phi) is 5.16. The fourth-order valence-electron chi connectivity index (χ4n) is 2.59. The summed E-state index contributed by atoms with van der Waals surface area (Å²) in [4.78, 5) is 0. The minimum atomic E-state index is -0.226. The molecule has 1 aliphatic rings. The van der Waals surface area contributed by atoms with Crippen molar-refractivity contribution in [3.05, 3.63) is 29.6 Å². The monoisotopic (exact) mass is 267 g/mol. The smallest absolute Gasteiger partial charge is 0.124 e. The van der Waals surface area contributed by atoms with Crippen molar-refractivity contribution in [2.45, 2.75) is 44.4 Å². The predicted octanol–water partition coefficient (Wildman–Crippen LogP) is 2.88. The van der Waals surface area contributed by atoms with Crippen molar-refractivity contribution in [2.24, 2.45) is 0 Å². The number of ether oxygens (including phenoxy) is 2. The van der Waals surface area contributed by atoms with E-state index in [1.807, 2.05) is 7.05 Å². The normalized spacial score (nSPS) is 23.3. The molecule has 0 aromatic heterocycles. The second-order valence-corrected chi connectivity index (χ2v) is 5.05. The number of methoxy groups -OCH3 is 1. The lowest BCUT2D eigenvalue weighted by Crippen LogP contribution is -2.29. The largest absolute Gasteiger partial charge is 0.490 e. The van der Waals surface area contributed by atoms with E-state index >= 15 is 0 Å². The van der Waals surface area contributed by atoms with E-state index < -0.39 is 0 Å². The van der Waals surface area contributed by atoms with E-state index in [1.165, 1.54) is 12.1 Å². The van der Waals surface area contributed by atoms with Crippen LogP contribution in [0.1, 0.15) is 31.2 Å². The SMILES string of the molecule is CNCc1cc(F)ccc1OC1CCCC(OC)C1. The fourth-order valence-corrected chi connectivity index (χ4v) is 2.59. The molecule has 1 N–H and O–H groups in total. The predicted molar refractivity (Wildman–Crippen MR) is 72.8 cm³/mol. The van der Waals surface area contributed by atoms with E-state index in [9.17, 15) is 4.39 Å². The van der Waals surface area contributed by atoms with Crippen molar-refractivity contribution in [3.8, 4) is 5.75 Å². The van der Waals surface area contributed by atoms with Crippen LogP contribution in [-0.4, -0.2) is 26.4 Å². The number of rotatable bonds is 5. The molecule has 4 heteroatoms. The molecule has 1 saturated carbocycles. The van der Waals surface area contributed by atoms with Crippen LogP contribution in [0.3, 0.4) is 0 Å². The van der Waals surface area contributed by atoms with Crippen LogP contribution in [0.15, 0.2) is 18.2 Å². The number of benzene rings is 1. The Hall–Kier alpha value is -1.13. The summed E-state index contributed by atoms with van der Waals surface area (Å²) in [6, 6.07) is 4.70. The zero-order valence-corrected chi connectivity index (χ0v) is 11.6. The van der Waals surface area contributed by atoms with Crippen LogP contribution in [0, 0.1) is 5.82 Å². The molecular weight excluding hydrogens is 245 g/mol. The van der Waals surface area contributed by atoms with Gasteiger partial charge in [-0.25, -0.2) is 4.39 Å². The topological polar surface area (TPSA) is 30.5 Å². The number of nitrogens with one attached hydrogen (secondary N) is 1. The molecule has 0 saturated heterocycles. The Morgan fingerprint density at radius 3 is 2.84 bits per heavy atom. The molecule has 3 nitrogen and oxygen atoms in total. The lowest BCUT2D eigenvalue weighted by atomic mass is 9.95. The van der Waals surface area contributed by atoms with Crippen molar-refractivity contribution in [1.82, 2.24) is 5.32 Å². The molecule has 1 aromatic carbocycles. The molecule has 0 radical (unpaired) electrons. The van der Waals surface area contributed by atoms with E-state index in [4.69, 9.17) is 9.47 Å². The van der Waals surface area contributed by atoms with Crippen LogP contribution >= 0.6 is 0 Å². The van der Waals surface area contributed by atoms with E-state index in [1.54, 1.807) is 13.2 Å². The van der Waals surface area contributed by atoms with Crippen LogP contribution in [0.25, 0.3) is 0 Å². The maximum Gasteiger partial charge on any atom is 0.124 e. The fraction of sp³-hybridized carbons (Fsp3) is 0.600. The average molecular weight is 267 g/mol. The molecule has 2 unspecified atom stereocenters. The third-order valence-electron chi connectivity index (χ3n) is 3.59.